The van der Waals surface area contributed by atoms with Crippen LogP contribution in [0.2, 0.25) is 0 Å². The fourth-order valence-corrected chi connectivity index (χ4v) is 3.00. The number of carbonyl (C=O) groups excluding carboxylic acids is 2. The first-order valence-electron chi connectivity index (χ1n) is 7.16. The van der Waals surface area contributed by atoms with Crippen molar-refractivity contribution in [1.29, 1.82) is 0 Å². The van der Waals surface area contributed by atoms with Crippen molar-refractivity contribution in [2.45, 2.75) is 39.3 Å². The minimum Gasteiger partial charge on any atom is -0.378 e. The highest BCUT2D eigenvalue weighted by molar-refractivity contribution is 5.98. The Bertz CT molecular complexity index is 550. The first-order valence-corrected chi connectivity index (χ1v) is 7.16. The minimum atomic E-state index is -0.548. The van der Waals surface area contributed by atoms with Gasteiger partial charge < -0.3 is 20.4 Å². The molecule has 1 fully saturated rings. The summed E-state index contributed by atoms with van der Waals surface area (Å²) in [5.41, 5.74) is 5.80. The maximum atomic E-state index is 12.5. The molecule has 0 bridgehead atoms. The maximum absolute atomic E-state index is 12.5. The summed E-state index contributed by atoms with van der Waals surface area (Å²) in [7, 11) is 1.78. The molecule has 0 aliphatic heterocycles. The fourth-order valence-electron chi connectivity index (χ4n) is 3.00. The number of H-pyrrole nitrogens is 1. The van der Waals surface area contributed by atoms with E-state index in [1.165, 1.54) is 12.3 Å². The van der Waals surface area contributed by atoms with E-state index in [0.717, 1.165) is 6.42 Å². The van der Waals surface area contributed by atoms with Crippen molar-refractivity contribution in [2.75, 3.05) is 13.7 Å². The van der Waals surface area contributed by atoms with Gasteiger partial charge in [-0.05, 0) is 19.4 Å². The smallest absolute Gasteiger partial charge is 0.270 e. The van der Waals surface area contributed by atoms with Crippen LogP contribution in [0.4, 0.5) is 0 Å². The van der Waals surface area contributed by atoms with Crippen molar-refractivity contribution in [3.63, 3.8) is 0 Å². The van der Waals surface area contributed by atoms with Gasteiger partial charge in [-0.1, -0.05) is 13.8 Å². The van der Waals surface area contributed by atoms with Crippen molar-refractivity contribution in [3.05, 3.63) is 23.5 Å². The van der Waals surface area contributed by atoms with Gasteiger partial charge in [-0.2, -0.15) is 0 Å². The lowest BCUT2D eigenvalue weighted by Gasteiger charge is -2.54. The summed E-state index contributed by atoms with van der Waals surface area (Å²) in [5.74, 6) is -0.691. The molecular weight excluding hydrogens is 270 g/mol. The van der Waals surface area contributed by atoms with E-state index in [9.17, 15) is 9.59 Å². The van der Waals surface area contributed by atoms with Crippen molar-refractivity contribution in [1.82, 2.24) is 9.88 Å². The van der Waals surface area contributed by atoms with Gasteiger partial charge in [-0.15, -0.1) is 0 Å². The second-order valence-electron chi connectivity index (χ2n) is 6.10. The van der Waals surface area contributed by atoms with E-state index in [1.807, 2.05) is 6.92 Å². The molecule has 116 valence electrons. The Labute approximate surface area is 124 Å². The fraction of sp³-hybridized carbons (Fsp3) is 0.600. The van der Waals surface area contributed by atoms with Gasteiger partial charge in [0.25, 0.3) is 5.91 Å². The molecule has 1 aromatic rings. The Morgan fingerprint density at radius 1 is 1.52 bits per heavy atom. The zero-order chi connectivity index (χ0) is 15.8. The second-order valence-corrected chi connectivity index (χ2v) is 6.10. The lowest BCUT2D eigenvalue weighted by atomic mass is 9.63. The molecule has 21 heavy (non-hydrogen) atoms. The predicted octanol–water partition coefficient (Wildman–Crippen LogP) is 1.39. The van der Waals surface area contributed by atoms with Crippen LogP contribution >= 0.6 is 0 Å². The summed E-state index contributed by atoms with van der Waals surface area (Å²) >= 11 is 0. The van der Waals surface area contributed by atoms with Gasteiger partial charge in [-0.3, -0.25) is 9.59 Å². The highest BCUT2D eigenvalue weighted by Gasteiger charge is 2.51. The molecular formula is C15H23N3O3. The third-order valence-corrected chi connectivity index (χ3v) is 4.48. The average Bonchev–Trinajstić information content (AvgIpc) is 2.91. The van der Waals surface area contributed by atoms with Crippen molar-refractivity contribution in [2.24, 2.45) is 11.1 Å². The van der Waals surface area contributed by atoms with Gasteiger partial charge in [0.15, 0.2) is 0 Å². The van der Waals surface area contributed by atoms with Gasteiger partial charge in [0.05, 0.1) is 11.7 Å². The van der Waals surface area contributed by atoms with Crippen molar-refractivity contribution in [3.8, 4) is 0 Å². The molecule has 6 heteroatoms. The standard InChI is InChI=1S/C15H23N3O3/c1-5-21-12-7-11(15(12,2)3)18(4)14(20)10-6-9(8-17-10)13(16)19/h6,8,11-12,17H,5,7H2,1-4H3,(H2,16,19). The number of primary amides is 1. The number of ether oxygens (including phenoxy) is 1. The Hall–Kier alpha value is -1.82. The van der Waals surface area contributed by atoms with Crippen molar-refractivity contribution >= 4 is 11.8 Å². The second kappa shape index (κ2) is 5.52. The van der Waals surface area contributed by atoms with E-state index >= 15 is 0 Å². The number of nitrogens with one attached hydrogen (secondary N) is 1. The molecule has 2 unspecified atom stereocenters. The highest BCUT2D eigenvalue weighted by Crippen LogP contribution is 2.45. The summed E-state index contributed by atoms with van der Waals surface area (Å²) in [4.78, 5) is 28.1. The number of amides is 2. The molecule has 2 atom stereocenters. The Kier molecular flexibility index (Phi) is 4.09. The molecule has 1 aromatic heterocycles. The van der Waals surface area contributed by atoms with Gasteiger partial charge >= 0.3 is 0 Å². The van der Waals surface area contributed by atoms with Crippen LogP contribution in [0.5, 0.6) is 0 Å². The number of rotatable bonds is 5. The predicted molar refractivity (Wildman–Crippen MR) is 79.0 cm³/mol. The van der Waals surface area contributed by atoms with E-state index < -0.39 is 5.91 Å². The molecule has 2 amide bonds. The SMILES string of the molecule is CCOC1CC(N(C)C(=O)c2cc(C(N)=O)c[nH]2)C1(C)C. The largest absolute Gasteiger partial charge is 0.378 e. The molecule has 1 saturated carbocycles. The summed E-state index contributed by atoms with van der Waals surface area (Å²) in [6.45, 7) is 6.86. The number of aromatic nitrogens is 1. The number of nitrogens with zero attached hydrogens (tertiary/aromatic N) is 1. The molecule has 6 nitrogen and oxygen atoms in total. The molecule has 2 rings (SSSR count). The highest BCUT2D eigenvalue weighted by atomic mass is 16.5. The molecule has 0 radical (unpaired) electrons. The Morgan fingerprint density at radius 2 is 2.19 bits per heavy atom. The lowest BCUT2D eigenvalue weighted by Crippen LogP contribution is -2.62. The van der Waals surface area contributed by atoms with Gasteiger partial charge in [-0.25, -0.2) is 0 Å². The number of hydrogen-bond donors (Lipinski definition) is 2. The van der Waals surface area contributed by atoms with Gasteiger partial charge in [0.2, 0.25) is 5.91 Å². The van der Waals surface area contributed by atoms with E-state index in [1.54, 1.807) is 11.9 Å². The van der Waals surface area contributed by atoms with Crippen LogP contribution in [0.3, 0.4) is 0 Å². The zero-order valence-electron chi connectivity index (χ0n) is 13.0. The third kappa shape index (κ3) is 2.68. The number of nitrogens with two attached hydrogens (primary N) is 1. The Balaban J connectivity index is 2.08. The Morgan fingerprint density at radius 3 is 2.67 bits per heavy atom. The molecule has 1 aliphatic rings. The van der Waals surface area contributed by atoms with Crippen LogP contribution in [0.15, 0.2) is 12.3 Å². The third-order valence-electron chi connectivity index (χ3n) is 4.48. The van der Waals surface area contributed by atoms with Crippen LogP contribution < -0.4 is 5.73 Å². The molecule has 1 heterocycles. The monoisotopic (exact) mass is 293 g/mol. The van der Waals surface area contributed by atoms with Crippen LogP contribution in [0, 0.1) is 5.41 Å². The van der Waals surface area contributed by atoms with E-state index in [-0.39, 0.29) is 23.5 Å². The first kappa shape index (κ1) is 15.6. The van der Waals surface area contributed by atoms with E-state index in [2.05, 4.69) is 18.8 Å². The molecule has 3 N–H and O–H groups in total. The topological polar surface area (TPSA) is 88.4 Å². The number of aromatic amines is 1. The van der Waals surface area contributed by atoms with Crippen LogP contribution in [-0.2, 0) is 4.74 Å². The molecule has 0 saturated heterocycles. The van der Waals surface area contributed by atoms with Crippen LogP contribution in [0.1, 0.15) is 48.0 Å². The normalized spacial score (nSPS) is 23.4. The quantitative estimate of drug-likeness (QED) is 0.859. The zero-order valence-corrected chi connectivity index (χ0v) is 13.0. The van der Waals surface area contributed by atoms with Crippen molar-refractivity contribution < 1.29 is 14.3 Å². The van der Waals surface area contributed by atoms with E-state index in [4.69, 9.17) is 10.5 Å². The summed E-state index contributed by atoms with van der Waals surface area (Å²) < 4.78 is 5.69. The summed E-state index contributed by atoms with van der Waals surface area (Å²) in [6, 6.07) is 1.61. The molecule has 0 spiro atoms. The van der Waals surface area contributed by atoms with Gasteiger partial charge in [0, 0.05) is 31.3 Å². The van der Waals surface area contributed by atoms with Crippen LogP contribution in [-0.4, -0.2) is 47.5 Å². The van der Waals surface area contributed by atoms with Gasteiger partial charge in [0.1, 0.15) is 5.69 Å². The number of carbonyl (C=O) groups is 2. The average molecular weight is 293 g/mol. The first-order chi connectivity index (χ1) is 9.78. The summed E-state index contributed by atoms with van der Waals surface area (Å²) in [6.07, 6.45) is 2.46. The minimum absolute atomic E-state index is 0.0838. The molecule has 0 aromatic carbocycles. The summed E-state index contributed by atoms with van der Waals surface area (Å²) in [5, 5.41) is 0. The van der Waals surface area contributed by atoms with Crippen LogP contribution in [0.25, 0.3) is 0 Å². The number of hydrogen-bond acceptors (Lipinski definition) is 3. The van der Waals surface area contributed by atoms with E-state index in [0.29, 0.717) is 17.9 Å². The maximum Gasteiger partial charge on any atom is 0.270 e. The molecule has 1 aliphatic carbocycles. The lowest BCUT2D eigenvalue weighted by molar-refractivity contribution is -0.136.